The average molecular weight is 345 g/mol. The first-order valence-corrected chi connectivity index (χ1v) is 9.27. The number of urea groups is 1. The molecule has 3 rings (SSSR count). The summed E-state index contributed by atoms with van der Waals surface area (Å²) in [5, 5.41) is 15.8. The highest BCUT2D eigenvalue weighted by molar-refractivity contribution is 7.15. The Balaban J connectivity index is 1.56. The summed E-state index contributed by atoms with van der Waals surface area (Å²) < 4.78 is 0. The third kappa shape index (κ3) is 4.55. The van der Waals surface area contributed by atoms with Crippen molar-refractivity contribution in [3.8, 4) is 0 Å². The van der Waals surface area contributed by atoms with Gasteiger partial charge in [-0.1, -0.05) is 36.8 Å². The smallest absolute Gasteiger partial charge is 0.321 e. The van der Waals surface area contributed by atoms with E-state index in [1.807, 2.05) is 30.3 Å². The molecule has 3 N–H and O–H groups in total. The Morgan fingerprint density at radius 3 is 2.79 bits per heavy atom. The first-order chi connectivity index (χ1) is 11.7. The molecule has 128 valence electrons. The second-order valence-corrected chi connectivity index (χ2v) is 7.20. The second-order valence-electron chi connectivity index (χ2n) is 6.12. The maximum absolute atomic E-state index is 12.2. The lowest BCUT2D eigenvalue weighted by Gasteiger charge is -2.16. The van der Waals surface area contributed by atoms with E-state index in [1.165, 1.54) is 24.1 Å². The van der Waals surface area contributed by atoms with Gasteiger partial charge in [0.1, 0.15) is 0 Å². The molecule has 1 unspecified atom stereocenters. The molecule has 1 heterocycles. The van der Waals surface area contributed by atoms with Crippen molar-refractivity contribution in [2.45, 2.75) is 44.6 Å². The summed E-state index contributed by atoms with van der Waals surface area (Å²) in [5.74, 6) is 0. The van der Waals surface area contributed by atoms with Gasteiger partial charge in [-0.05, 0) is 37.7 Å². The highest BCUT2D eigenvalue weighted by atomic mass is 32.1. The topological polar surface area (TPSA) is 74.2 Å². The fourth-order valence-electron chi connectivity index (χ4n) is 2.96. The number of anilines is 1. The normalized spacial score (nSPS) is 15.2. The summed E-state index contributed by atoms with van der Waals surface area (Å²) in [6.07, 6.45) is 6.28. The number of carbonyl (C=O) groups excluding carboxylic acids is 1. The molecule has 0 fully saturated rings. The van der Waals surface area contributed by atoms with E-state index in [9.17, 15) is 9.90 Å². The molecule has 0 saturated carbocycles. The maximum Gasteiger partial charge on any atom is 0.321 e. The lowest BCUT2D eigenvalue weighted by Crippen LogP contribution is -2.41. The molecule has 2 aromatic rings. The van der Waals surface area contributed by atoms with Gasteiger partial charge in [0.15, 0.2) is 5.13 Å². The van der Waals surface area contributed by atoms with Gasteiger partial charge in [-0.2, -0.15) is 0 Å². The van der Waals surface area contributed by atoms with Gasteiger partial charge in [-0.15, -0.1) is 11.3 Å². The highest BCUT2D eigenvalue weighted by Crippen LogP contribution is 2.28. The second kappa shape index (κ2) is 8.26. The van der Waals surface area contributed by atoms with Crippen molar-refractivity contribution in [1.82, 2.24) is 10.3 Å². The van der Waals surface area contributed by atoms with Crippen molar-refractivity contribution in [3.05, 3.63) is 46.5 Å². The number of amides is 2. The van der Waals surface area contributed by atoms with Crippen LogP contribution in [0.15, 0.2) is 30.3 Å². The monoisotopic (exact) mass is 345 g/mol. The number of carbonyl (C=O) groups is 1. The van der Waals surface area contributed by atoms with Gasteiger partial charge >= 0.3 is 6.03 Å². The van der Waals surface area contributed by atoms with Crippen molar-refractivity contribution in [1.29, 1.82) is 0 Å². The molecule has 1 aliphatic rings. The van der Waals surface area contributed by atoms with E-state index in [0.717, 1.165) is 24.1 Å². The highest BCUT2D eigenvalue weighted by Gasteiger charge is 2.17. The minimum atomic E-state index is -0.315. The van der Waals surface area contributed by atoms with E-state index in [0.29, 0.717) is 11.6 Å². The number of nitrogens with one attached hydrogen (secondary N) is 2. The molecule has 0 spiro atoms. The van der Waals surface area contributed by atoms with Crippen LogP contribution in [0.4, 0.5) is 9.93 Å². The summed E-state index contributed by atoms with van der Waals surface area (Å²) in [5.41, 5.74) is 2.22. The largest absolute Gasteiger partial charge is 0.394 e. The molecule has 0 saturated heterocycles. The number of thiazole rings is 1. The van der Waals surface area contributed by atoms with E-state index in [2.05, 4.69) is 15.6 Å². The van der Waals surface area contributed by atoms with E-state index >= 15 is 0 Å². The minimum absolute atomic E-state index is 0.101. The Hall–Kier alpha value is -1.92. The number of rotatable bonds is 5. The van der Waals surface area contributed by atoms with Gasteiger partial charge in [-0.25, -0.2) is 9.78 Å². The molecule has 6 heteroatoms. The molecule has 0 aliphatic heterocycles. The fraction of sp³-hybridized carbons (Fsp3) is 0.444. The van der Waals surface area contributed by atoms with Crippen molar-refractivity contribution in [3.63, 3.8) is 0 Å². The van der Waals surface area contributed by atoms with Crippen LogP contribution in [0.3, 0.4) is 0 Å². The lowest BCUT2D eigenvalue weighted by atomic mass is 10.1. The van der Waals surface area contributed by atoms with Crippen molar-refractivity contribution < 1.29 is 9.90 Å². The lowest BCUT2D eigenvalue weighted by molar-refractivity contribution is 0.224. The molecule has 5 nitrogen and oxygen atoms in total. The molecule has 24 heavy (non-hydrogen) atoms. The standard InChI is InChI=1S/C18H23N3O2S/c22-12-14(11-13-7-3-1-4-8-13)19-17(23)21-18-20-15-9-5-2-6-10-16(15)24-18/h1,3-4,7-8,14,22H,2,5-6,9-12H2,(H2,19,20,21,23). The van der Waals surface area contributed by atoms with Crippen LogP contribution in [0.25, 0.3) is 0 Å². The first-order valence-electron chi connectivity index (χ1n) is 8.45. The fourth-order valence-corrected chi connectivity index (χ4v) is 4.01. The number of hydrogen-bond acceptors (Lipinski definition) is 4. The maximum atomic E-state index is 12.2. The van der Waals surface area contributed by atoms with Crippen LogP contribution in [0.5, 0.6) is 0 Å². The molecule has 1 atom stereocenters. The minimum Gasteiger partial charge on any atom is -0.394 e. The van der Waals surface area contributed by atoms with Crippen LogP contribution in [0.2, 0.25) is 0 Å². The molecular weight excluding hydrogens is 322 g/mol. The van der Waals surface area contributed by atoms with E-state index in [1.54, 1.807) is 11.3 Å². The molecule has 1 aromatic carbocycles. The Morgan fingerprint density at radius 1 is 1.21 bits per heavy atom. The number of fused-ring (bicyclic) bond motifs is 1. The number of aliphatic hydroxyl groups excluding tert-OH is 1. The van der Waals surface area contributed by atoms with E-state index in [4.69, 9.17) is 0 Å². The van der Waals surface area contributed by atoms with Gasteiger partial charge in [0.25, 0.3) is 0 Å². The number of benzene rings is 1. The van der Waals surface area contributed by atoms with Crippen LogP contribution in [0, 0.1) is 0 Å². The molecule has 1 aliphatic carbocycles. The summed E-state index contributed by atoms with van der Waals surface area (Å²) in [6.45, 7) is -0.101. The Labute approximate surface area is 146 Å². The van der Waals surface area contributed by atoms with Crippen LogP contribution in [-0.4, -0.2) is 28.8 Å². The van der Waals surface area contributed by atoms with Gasteiger partial charge in [0.2, 0.25) is 0 Å². The molecule has 2 amide bonds. The van der Waals surface area contributed by atoms with Crippen molar-refractivity contribution in [2.75, 3.05) is 11.9 Å². The average Bonchev–Trinajstić information content (AvgIpc) is 2.83. The van der Waals surface area contributed by atoms with Gasteiger partial charge < -0.3 is 10.4 Å². The van der Waals surface area contributed by atoms with Crippen molar-refractivity contribution in [2.24, 2.45) is 0 Å². The zero-order valence-corrected chi connectivity index (χ0v) is 14.4. The predicted molar refractivity (Wildman–Crippen MR) is 96.5 cm³/mol. The van der Waals surface area contributed by atoms with Crippen molar-refractivity contribution >= 4 is 22.5 Å². The summed E-state index contributed by atoms with van der Waals surface area (Å²) >= 11 is 1.57. The van der Waals surface area contributed by atoms with Crippen LogP contribution >= 0.6 is 11.3 Å². The number of aliphatic hydroxyl groups is 1. The number of hydrogen-bond donors (Lipinski definition) is 3. The molecule has 0 bridgehead atoms. The van der Waals surface area contributed by atoms with Crippen LogP contribution < -0.4 is 10.6 Å². The van der Waals surface area contributed by atoms with Crippen LogP contribution in [0.1, 0.15) is 35.4 Å². The quantitative estimate of drug-likeness (QED) is 0.729. The first kappa shape index (κ1) is 16.9. The third-order valence-electron chi connectivity index (χ3n) is 4.20. The van der Waals surface area contributed by atoms with E-state index in [-0.39, 0.29) is 18.7 Å². The zero-order valence-electron chi connectivity index (χ0n) is 13.6. The zero-order chi connectivity index (χ0) is 16.8. The number of aryl methyl sites for hydroxylation is 2. The predicted octanol–water partition coefficient (Wildman–Crippen LogP) is 3.14. The molecule has 0 radical (unpaired) electrons. The Kier molecular flexibility index (Phi) is 5.82. The molecule has 1 aromatic heterocycles. The van der Waals surface area contributed by atoms with Gasteiger partial charge in [0, 0.05) is 4.88 Å². The van der Waals surface area contributed by atoms with Gasteiger partial charge in [-0.3, -0.25) is 5.32 Å². The number of aromatic nitrogens is 1. The summed E-state index contributed by atoms with van der Waals surface area (Å²) in [6, 6.07) is 9.20. The Morgan fingerprint density at radius 2 is 2.00 bits per heavy atom. The summed E-state index contributed by atoms with van der Waals surface area (Å²) in [7, 11) is 0. The number of nitrogens with zero attached hydrogens (tertiary/aromatic N) is 1. The van der Waals surface area contributed by atoms with E-state index < -0.39 is 0 Å². The van der Waals surface area contributed by atoms with Gasteiger partial charge in [0.05, 0.1) is 18.3 Å². The Bertz CT molecular complexity index is 649. The van der Waals surface area contributed by atoms with Crippen LogP contribution in [-0.2, 0) is 19.3 Å². The molecular formula is C18H23N3O2S. The summed E-state index contributed by atoms with van der Waals surface area (Å²) in [4.78, 5) is 18.0. The third-order valence-corrected chi connectivity index (χ3v) is 5.27. The SMILES string of the molecule is O=C(Nc1nc2c(s1)CCCCC2)NC(CO)Cc1ccccc1.